The molecule has 7 nitrogen and oxygen atoms in total. The Morgan fingerprint density at radius 2 is 2.26 bits per heavy atom. The minimum atomic E-state index is -0.195. The predicted molar refractivity (Wildman–Crippen MR) is 87.3 cm³/mol. The van der Waals surface area contributed by atoms with Gasteiger partial charge in [0.1, 0.15) is 18.4 Å². The number of benzene rings is 1. The third-order valence-corrected chi connectivity index (χ3v) is 3.52. The van der Waals surface area contributed by atoms with E-state index in [1.165, 1.54) is 6.33 Å². The maximum atomic E-state index is 12.0. The fraction of sp³-hybridized carbons (Fsp3) is 0.438. The molecule has 0 aliphatic heterocycles. The van der Waals surface area contributed by atoms with Crippen LogP contribution in [0.15, 0.2) is 30.9 Å². The molecule has 0 spiro atoms. The molecule has 0 aliphatic rings. The molecule has 0 radical (unpaired) electrons. The number of hydrogen-bond acceptors (Lipinski definition) is 4. The number of urea groups is 1. The zero-order valence-corrected chi connectivity index (χ0v) is 13.7. The van der Waals surface area contributed by atoms with Crippen molar-refractivity contribution in [2.24, 2.45) is 0 Å². The maximum absolute atomic E-state index is 12.0. The summed E-state index contributed by atoms with van der Waals surface area (Å²) in [6, 6.07) is 5.59. The van der Waals surface area contributed by atoms with E-state index in [1.807, 2.05) is 32.0 Å². The summed E-state index contributed by atoms with van der Waals surface area (Å²) in [7, 11) is 1.63. The van der Waals surface area contributed by atoms with Crippen LogP contribution in [0.2, 0.25) is 0 Å². The van der Waals surface area contributed by atoms with Crippen LogP contribution in [-0.4, -0.2) is 34.5 Å². The van der Waals surface area contributed by atoms with Gasteiger partial charge in [-0.3, -0.25) is 4.68 Å². The summed E-state index contributed by atoms with van der Waals surface area (Å²) >= 11 is 0. The smallest absolute Gasteiger partial charge is 0.315 e. The number of carbonyl (C=O) groups excluding carboxylic acids is 1. The molecule has 124 valence electrons. The molecule has 0 fully saturated rings. The lowest BCUT2D eigenvalue weighted by Crippen LogP contribution is -2.37. The zero-order chi connectivity index (χ0) is 16.7. The lowest BCUT2D eigenvalue weighted by atomic mass is 10.0. The van der Waals surface area contributed by atoms with Crippen LogP contribution in [0.1, 0.15) is 30.5 Å². The number of methoxy groups -OCH3 is 1. The first-order chi connectivity index (χ1) is 11.1. The van der Waals surface area contributed by atoms with Crippen molar-refractivity contribution in [1.82, 2.24) is 25.4 Å². The molecule has 1 heterocycles. The largest absolute Gasteiger partial charge is 0.496 e. The highest BCUT2D eigenvalue weighted by molar-refractivity contribution is 5.74. The van der Waals surface area contributed by atoms with Gasteiger partial charge in [-0.05, 0) is 26.3 Å². The van der Waals surface area contributed by atoms with Crippen molar-refractivity contribution in [3.8, 4) is 5.75 Å². The van der Waals surface area contributed by atoms with Gasteiger partial charge in [0.2, 0.25) is 0 Å². The van der Waals surface area contributed by atoms with Crippen molar-refractivity contribution in [2.75, 3.05) is 13.7 Å². The number of nitrogens with zero attached hydrogens (tertiary/aromatic N) is 3. The van der Waals surface area contributed by atoms with Gasteiger partial charge in [-0.2, -0.15) is 5.10 Å². The molecule has 7 heteroatoms. The van der Waals surface area contributed by atoms with Gasteiger partial charge in [0.25, 0.3) is 0 Å². The molecule has 0 saturated carbocycles. The number of aryl methyl sites for hydroxylation is 2. The monoisotopic (exact) mass is 317 g/mol. The van der Waals surface area contributed by atoms with E-state index in [2.05, 4.69) is 20.7 Å². The van der Waals surface area contributed by atoms with E-state index in [-0.39, 0.29) is 12.1 Å². The summed E-state index contributed by atoms with van der Waals surface area (Å²) in [6.07, 6.45) is 3.95. The van der Waals surface area contributed by atoms with Crippen LogP contribution in [-0.2, 0) is 6.54 Å². The molecule has 2 N–H and O–H groups in total. The van der Waals surface area contributed by atoms with Crippen LogP contribution in [0.3, 0.4) is 0 Å². The standard InChI is InChI=1S/C16H23N5O2/c1-12-5-6-15(23-3)14(9-12)13(2)20-16(22)18-7-4-8-21-11-17-10-19-21/h5-6,9-11,13H,4,7-8H2,1-3H3,(H2,18,20,22)/t13-/m0/s1. The highest BCUT2D eigenvalue weighted by Crippen LogP contribution is 2.25. The van der Waals surface area contributed by atoms with Gasteiger partial charge in [0.05, 0.1) is 13.2 Å². The molecule has 1 aromatic heterocycles. The van der Waals surface area contributed by atoms with Gasteiger partial charge >= 0.3 is 6.03 Å². The maximum Gasteiger partial charge on any atom is 0.315 e. The van der Waals surface area contributed by atoms with Crippen molar-refractivity contribution in [1.29, 1.82) is 0 Å². The molecule has 2 rings (SSSR count). The molecular weight excluding hydrogens is 294 g/mol. The molecule has 0 saturated heterocycles. The van der Waals surface area contributed by atoms with Gasteiger partial charge in [-0.25, -0.2) is 9.78 Å². The van der Waals surface area contributed by atoms with Crippen LogP contribution >= 0.6 is 0 Å². The fourth-order valence-corrected chi connectivity index (χ4v) is 2.31. The summed E-state index contributed by atoms with van der Waals surface area (Å²) in [6.45, 7) is 5.25. The average molecular weight is 317 g/mol. The van der Waals surface area contributed by atoms with Gasteiger partial charge in [0.15, 0.2) is 0 Å². The fourth-order valence-electron chi connectivity index (χ4n) is 2.31. The molecule has 2 aromatic rings. The minimum absolute atomic E-state index is 0.139. The molecule has 0 aliphatic carbocycles. The van der Waals surface area contributed by atoms with Crippen LogP contribution in [0.5, 0.6) is 5.75 Å². The first kappa shape index (κ1) is 16.8. The second kappa shape index (κ2) is 8.17. The van der Waals surface area contributed by atoms with Gasteiger partial charge in [-0.1, -0.05) is 17.7 Å². The Bertz CT molecular complexity index is 627. The van der Waals surface area contributed by atoms with Crippen LogP contribution < -0.4 is 15.4 Å². The highest BCUT2D eigenvalue weighted by atomic mass is 16.5. The number of hydrogen-bond donors (Lipinski definition) is 2. The number of rotatable bonds is 7. The Balaban J connectivity index is 1.79. The lowest BCUT2D eigenvalue weighted by Gasteiger charge is -2.18. The van der Waals surface area contributed by atoms with Crippen LogP contribution in [0.4, 0.5) is 4.79 Å². The molecule has 0 bridgehead atoms. The second-order valence-corrected chi connectivity index (χ2v) is 5.38. The van der Waals surface area contributed by atoms with Crippen LogP contribution in [0.25, 0.3) is 0 Å². The number of amides is 2. The lowest BCUT2D eigenvalue weighted by molar-refractivity contribution is 0.237. The SMILES string of the molecule is COc1ccc(C)cc1[C@H](C)NC(=O)NCCCn1cncn1. The van der Waals surface area contributed by atoms with Gasteiger partial charge in [0, 0.05) is 18.7 Å². The third-order valence-electron chi connectivity index (χ3n) is 3.52. The minimum Gasteiger partial charge on any atom is -0.496 e. The van der Waals surface area contributed by atoms with E-state index in [9.17, 15) is 4.79 Å². The summed E-state index contributed by atoms with van der Waals surface area (Å²) in [4.78, 5) is 15.8. The van der Waals surface area contributed by atoms with Crippen molar-refractivity contribution in [2.45, 2.75) is 32.9 Å². The van der Waals surface area contributed by atoms with E-state index < -0.39 is 0 Å². The van der Waals surface area contributed by atoms with E-state index in [4.69, 9.17) is 4.74 Å². The molecule has 23 heavy (non-hydrogen) atoms. The van der Waals surface area contributed by atoms with E-state index in [0.29, 0.717) is 6.54 Å². The van der Waals surface area contributed by atoms with Gasteiger partial charge in [-0.15, -0.1) is 0 Å². The van der Waals surface area contributed by atoms with E-state index >= 15 is 0 Å². The topological polar surface area (TPSA) is 81.1 Å². The number of aromatic nitrogens is 3. The Labute approximate surface area is 136 Å². The van der Waals surface area contributed by atoms with Crippen LogP contribution in [0, 0.1) is 6.92 Å². The quantitative estimate of drug-likeness (QED) is 0.766. The zero-order valence-electron chi connectivity index (χ0n) is 13.7. The average Bonchev–Trinajstić information content (AvgIpc) is 3.05. The molecule has 2 amide bonds. The van der Waals surface area contributed by atoms with E-state index in [1.54, 1.807) is 18.1 Å². The second-order valence-electron chi connectivity index (χ2n) is 5.38. The summed E-state index contributed by atoms with van der Waals surface area (Å²) in [5, 5.41) is 9.78. The predicted octanol–water partition coefficient (Wildman–Crippen LogP) is 2.05. The van der Waals surface area contributed by atoms with Crippen molar-refractivity contribution < 1.29 is 9.53 Å². The Morgan fingerprint density at radius 1 is 1.43 bits per heavy atom. The van der Waals surface area contributed by atoms with Crippen molar-refractivity contribution in [3.63, 3.8) is 0 Å². The Hall–Kier alpha value is -2.57. The Kier molecular flexibility index (Phi) is 5.96. The number of carbonyl (C=O) groups is 1. The van der Waals surface area contributed by atoms with Gasteiger partial charge < -0.3 is 15.4 Å². The molecule has 1 atom stereocenters. The number of nitrogens with one attached hydrogen (secondary N) is 2. The highest BCUT2D eigenvalue weighted by Gasteiger charge is 2.13. The summed E-state index contributed by atoms with van der Waals surface area (Å²) in [5.41, 5.74) is 2.09. The summed E-state index contributed by atoms with van der Waals surface area (Å²) < 4.78 is 7.09. The van der Waals surface area contributed by atoms with E-state index in [0.717, 1.165) is 29.8 Å². The Morgan fingerprint density at radius 3 is 2.96 bits per heavy atom. The molecular formula is C16H23N5O2. The summed E-state index contributed by atoms with van der Waals surface area (Å²) in [5.74, 6) is 0.773. The molecule has 1 aromatic carbocycles. The first-order valence-corrected chi connectivity index (χ1v) is 7.61. The van der Waals surface area contributed by atoms with Crippen molar-refractivity contribution >= 4 is 6.03 Å². The first-order valence-electron chi connectivity index (χ1n) is 7.61. The van der Waals surface area contributed by atoms with Crippen molar-refractivity contribution in [3.05, 3.63) is 42.0 Å². The molecule has 0 unspecified atom stereocenters. The third kappa shape index (κ3) is 4.98. The number of ether oxygens (including phenoxy) is 1. The normalized spacial score (nSPS) is 11.8.